The number of carbonyl (C=O) groups excluding carboxylic acids is 7. The molecule has 3 N–H and O–H groups in total. The molecule has 1 aromatic carbocycles. The second kappa shape index (κ2) is 24.8. The summed E-state index contributed by atoms with van der Waals surface area (Å²) in [6.45, 7) is 9.07. The molecule has 1 aromatic heterocycles. The van der Waals surface area contributed by atoms with E-state index >= 15 is 4.79 Å². The van der Waals surface area contributed by atoms with Crippen molar-refractivity contribution in [2.75, 3.05) is 21.1 Å². The molecular formula is C51H70ClN7O8S. The summed E-state index contributed by atoms with van der Waals surface area (Å²) in [6.07, 6.45) is 8.88. The number of carbonyl (C=O) groups is 7. The minimum Gasteiger partial charge on any atom is -0.451 e. The van der Waals surface area contributed by atoms with Crippen LogP contribution < -0.4 is 16.0 Å². The Bertz CT molecular complexity index is 2290. The maximum absolute atomic E-state index is 15.1. The predicted molar refractivity (Wildman–Crippen MR) is 263 cm³/mol. The smallest absolute Gasteiger partial charge is 0.329 e. The number of likely N-dealkylation sites (N-methyl/N-ethyl adjacent to an activating group) is 3. The minimum absolute atomic E-state index is 0.0368. The Morgan fingerprint density at radius 3 is 1.88 bits per heavy atom. The van der Waals surface area contributed by atoms with E-state index in [1.807, 2.05) is 51.3 Å². The number of esters is 1. The predicted octanol–water partition coefficient (Wildman–Crippen LogP) is 6.76. The van der Waals surface area contributed by atoms with E-state index in [0.29, 0.717) is 11.4 Å². The monoisotopic (exact) mass is 975 g/mol. The van der Waals surface area contributed by atoms with Crippen molar-refractivity contribution < 1.29 is 38.3 Å². The number of nitriles is 1. The summed E-state index contributed by atoms with van der Waals surface area (Å²) in [6, 6.07) is 0.481. The van der Waals surface area contributed by atoms with Crippen molar-refractivity contribution >= 4 is 74.4 Å². The molecule has 6 amide bonds. The van der Waals surface area contributed by atoms with E-state index in [2.05, 4.69) is 28.1 Å². The molecule has 0 unspecified atom stereocenters. The molecule has 15 nitrogen and oxygen atoms in total. The summed E-state index contributed by atoms with van der Waals surface area (Å²) >= 11 is 7.93. The lowest BCUT2D eigenvalue weighted by molar-refractivity contribution is -0.163. The lowest BCUT2D eigenvalue weighted by atomic mass is 9.93. The third-order valence-electron chi connectivity index (χ3n) is 13.3. The van der Waals surface area contributed by atoms with Crippen molar-refractivity contribution in [3.05, 3.63) is 57.5 Å². The van der Waals surface area contributed by atoms with Crippen LogP contribution in [0.2, 0.25) is 5.02 Å². The number of thiophene rings is 1. The van der Waals surface area contributed by atoms with Crippen LogP contribution in [0.25, 0.3) is 10.1 Å². The van der Waals surface area contributed by atoms with E-state index in [4.69, 9.17) is 16.3 Å². The number of halogens is 1. The molecule has 2 aromatic rings. The van der Waals surface area contributed by atoms with Gasteiger partial charge in [0.2, 0.25) is 29.5 Å². The Kier molecular flexibility index (Phi) is 19.6. The first-order valence-electron chi connectivity index (χ1n) is 24.1. The molecule has 68 heavy (non-hydrogen) atoms. The number of amides is 6. The molecule has 5 rings (SSSR count). The third-order valence-corrected chi connectivity index (χ3v) is 14.5. The van der Waals surface area contributed by atoms with Crippen LogP contribution in [0.5, 0.6) is 0 Å². The highest BCUT2D eigenvalue weighted by atomic mass is 35.5. The lowest BCUT2D eigenvalue weighted by Gasteiger charge is -2.35. The average Bonchev–Trinajstić information content (AvgIpc) is 3.98. The van der Waals surface area contributed by atoms with Crippen LogP contribution in [0, 0.1) is 23.2 Å². The first-order valence-corrected chi connectivity index (χ1v) is 25.3. The maximum Gasteiger partial charge on any atom is 0.329 e. The van der Waals surface area contributed by atoms with Crippen LogP contribution >= 0.6 is 22.9 Å². The van der Waals surface area contributed by atoms with E-state index in [1.165, 1.54) is 49.2 Å². The van der Waals surface area contributed by atoms with Crippen molar-refractivity contribution in [1.29, 1.82) is 5.26 Å². The van der Waals surface area contributed by atoms with Gasteiger partial charge in [-0.1, -0.05) is 62.6 Å². The van der Waals surface area contributed by atoms with Gasteiger partial charge >= 0.3 is 5.97 Å². The van der Waals surface area contributed by atoms with Crippen LogP contribution in [0.4, 0.5) is 0 Å². The molecule has 0 radical (unpaired) electrons. The number of benzene rings is 1. The summed E-state index contributed by atoms with van der Waals surface area (Å²) in [5.74, 6) is -4.83. The standard InChI is InChI=1S/C51H70ClN7O8S/c1-30(2)23-38-48(63)57(6)32(5)51(66)67-43(19-14-22-53)47(62)56-40(26-33-15-10-9-11-16-33)50(65)58(7)41(24-31(3)4)45(60)55-39(25-34-17-12-13-18-34)49(64)59(8)42(46(61)54-38)27-35-29-68-44-21-20-36(52)28-37(35)44/h15,17,20-21,28-32,38-43H,9-14,16,18-19,23-27H2,1-8H3,(H,54,61)(H,55,60)(H,56,62)/t32-,38-,39-,40-,41-,42-,43+/m0/s1. The van der Waals surface area contributed by atoms with Gasteiger partial charge in [0.15, 0.2) is 6.10 Å². The van der Waals surface area contributed by atoms with Gasteiger partial charge in [-0.2, -0.15) is 5.26 Å². The largest absolute Gasteiger partial charge is 0.451 e. The van der Waals surface area contributed by atoms with E-state index < -0.39 is 83.8 Å². The fourth-order valence-corrected chi connectivity index (χ4v) is 10.3. The number of nitrogens with one attached hydrogen (secondary N) is 3. The van der Waals surface area contributed by atoms with Gasteiger partial charge in [-0.3, -0.25) is 28.8 Å². The molecule has 0 saturated carbocycles. The first kappa shape index (κ1) is 53.7. The van der Waals surface area contributed by atoms with Crippen LogP contribution in [0.1, 0.15) is 124 Å². The third kappa shape index (κ3) is 14.2. The van der Waals surface area contributed by atoms with Gasteiger partial charge in [0.25, 0.3) is 5.91 Å². The highest BCUT2D eigenvalue weighted by Crippen LogP contribution is 2.31. The number of rotatable bonds is 12. The molecular weight excluding hydrogens is 906 g/mol. The van der Waals surface area contributed by atoms with Crippen LogP contribution in [-0.4, -0.2) is 120 Å². The fourth-order valence-electron chi connectivity index (χ4n) is 9.22. The lowest BCUT2D eigenvalue weighted by Crippen LogP contribution is -2.60. The van der Waals surface area contributed by atoms with Gasteiger partial charge < -0.3 is 35.4 Å². The molecule has 1 fully saturated rings. The van der Waals surface area contributed by atoms with Crippen molar-refractivity contribution in [2.45, 2.75) is 167 Å². The van der Waals surface area contributed by atoms with Gasteiger partial charge in [0.05, 0.1) is 6.07 Å². The second-order valence-corrected chi connectivity index (χ2v) is 20.8. The second-order valence-electron chi connectivity index (χ2n) is 19.5. The van der Waals surface area contributed by atoms with Gasteiger partial charge in [-0.05, 0) is 124 Å². The van der Waals surface area contributed by atoms with Gasteiger partial charge in [0.1, 0.15) is 36.3 Å². The van der Waals surface area contributed by atoms with Gasteiger partial charge in [-0.15, -0.1) is 11.3 Å². The van der Waals surface area contributed by atoms with Crippen molar-refractivity contribution in [3.63, 3.8) is 0 Å². The molecule has 1 aliphatic heterocycles. The van der Waals surface area contributed by atoms with Crippen molar-refractivity contribution in [3.8, 4) is 6.07 Å². The topological polar surface area (TPSA) is 198 Å². The molecule has 7 atom stereocenters. The number of hydrogen-bond donors (Lipinski definition) is 3. The number of nitrogens with zero attached hydrogens (tertiary/aromatic N) is 4. The summed E-state index contributed by atoms with van der Waals surface area (Å²) in [5, 5.41) is 21.6. The normalized spacial score (nSPS) is 25.7. The molecule has 2 heterocycles. The number of hydrogen-bond acceptors (Lipinski definition) is 10. The molecule has 0 bridgehead atoms. The molecule has 3 aliphatic rings. The summed E-state index contributed by atoms with van der Waals surface area (Å²) in [5.41, 5.74) is 2.70. The van der Waals surface area contributed by atoms with Crippen molar-refractivity contribution in [1.82, 2.24) is 30.7 Å². The average molecular weight is 977 g/mol. The summed E-state index contributed by atoms with van der Waals surface area (Å²) in [4.78, 5) is 106. The number of ether oxygens (including phenoxy) is 1. The molecule has 0 spiro atoms. The highest BCUT2D eigenvalue weighted by molar-refractivity contribution is 7.17. The van der Waals surface area contributed by atoms with E-state index in [-0.39, 0.29) is 56.8 Å². The Morgan fingerprint density at radius 1 is 0.735 bits per heavy atom. The van der Waals surface area contributed by atoms with Crippen LogP contribution in [0.15, 0.2) is 46.9 Å². The number of cyclic esters (lactones) is 1. The van der Waals surface area contributed by atoms with Crippen molar-refractivity contribution in [2.24, 2.45) is 11.8 Å². The molecule has 17 heteroatoms. The number of allylic oxidation sites excluding steroid dienone is 2. The molecule has 370 valence electrons. The molecule has 1 saturated heterocycles. The van der Waals surface area contributed by atoms with E-state index in [9.17, 15) is 34.0 Å². The zero-order valence-electron chi connectivity index (χ0n) is 40.9. The zero-order chi connectivity index (χ0) is 49.8. The van der Waals surface area contributed by atoms with Crippen LogP contribution in [0.3, 0.4) is 0 Å². The molecule has 2 aliphatic carbocycles. The first-order chi connectivity index (χ1) is 32.3. The maximum atomic E-state index is 15.1. The fraction of sp³-hybridized carbons (Fsp3) is 0.608. The highest BCUT2D eigenvalue weighted by Gasteiger charge is 2.41. The zero-order valence-corrected chi connectivity index (χ0v) is 42.5. The van der Waals surface area contributed by atoms with E-state index in [0.717, 1.165) is 70.2 Å². The quantitative estimate of drug-likeness (QED) is 0.152. The van der Waals surface area contributed by atoms with Gasteiger partial charge in [0, 0.05) is 50.1 Å². The van der Waals surface area contributed by atoms with E-state index in [1.54, 1.807) is 6.07 Å². The Balaban J connectivity index is 1.65. The summed E-state index contributed by atoms with van der Waals surface area (Å²) < 4.78 is 6.72. The Labute approximate surface area is 410 Å². The number of fused-ring (bicyclic) bond motifs is 1. The Hall–Kier alpha value is -5.27. The minimum atomic E-state index is -1.50. The van der Waals surface area contributed by atoms with Gasteiger partial charge in [-0.25, -0.2) is 4.79 Å². The van der Waals surface area contributed by atoms with Crippen LogP contribution in [-0.2, 0) is 44.7 Å². The summed E-state index contributed by atoms with van der Waals surface area (Å²) in [7, 11) is 4.43. The Morgan fingerprint density at radius 2 is 1.29 bits per heavy atom. The SMILES string of the molecule is CC(C)C[C@@H]1NC(=O)[C@H](Cc2csc3ccc(Cl)cc23)N(C)C(=O)[C@H](CC2=CCCC2)NC(=O)[C@H](CC(C)C)N(C)C(=O)[C@H](CC2=CCCCC2)NC(=O)[C@@H](CCC#N)OC(=O)[C@H](C)N(C)C1=O.